The summed E-state index contributed by atoms with van der Waals surface area (Å²) in [5, 5.41) is 2.46. The van der Waals surface area contributed by atoms with E-state index in [0.717, 1.165) is 24.3 Å². The van der Waals surface area contributed by atoms with Crippen LogP contribution in [-0.4, -0.2) is 37.4 Å². The first-order valence-corrected chi connectivity index (χ1v) is 6.02. The topological polar surface area (TPSA) is 49.4 Å². The fourth-order valence-electron chi connectivity index (χ4n) is 1.40. The summed E-state index contributed by atoms with van der Waals surface area (Å²) in [6, 6.07) is 3.46. The number of hydrogen-bond donors (Lipinski definition) is 1. The quantitative estimate of drug-likeness (QED) is 0.833. The maximum absolute atomic E-state index is 13.3. The first kappa shape index (κ1) is 15.8. The lowest BCUT2D eigenvalue weighted by molar-refractivity contribution is -0.128. The van der Waals surface area contributed by atoms with Gasteiger partial charge in [0.05, 0.1) is 0 Å². The standard InChI is InChI=1S/C14H16F2N2O2/c1-18(2)14(20)8-9-17-13(19)7-6-10-11(15)4-3-5-12(10)16/h3-7H,8-9H2,1-2H3,(H,17,19)/b7-6+. The van der Waals surface area contributed by atoms with Gasteiger partial charge in [-0.05, 0) is 18.2 Å². The van der Waals surface area contributed by atoms with E-state index >= 15 is 0 Å². The molecule has 0 aromatic heterocycles. The van der Waals surface area contributed by atoms with Crippen molar-refractivity contribution in [2.24, 2.45) is 0 Å². The largest absolute Gasteiger partial charge is 0.352 e. The van der Waals surface area contributed by atoms with E-state index in [0.29, 0.717) is 0 Å². The summed E-state index contributed by atoms with van der Waals surface area (Å²) in [4.78, 5) is 24.1. The van der Waals surface area contributed by atoms with Crippen LogP contribution in [0.25, 0.3) is 6.08 Å². The molecule has 0 spiro atoms. The normalized spacial score (nSPS) is 10.6. The molecule has 0 unspecified atom stereocenters. The lowest BCUT2D eigenvalue weighted by Gasteiger charge is -2.09. The van der Waals surface area contributed by atoms with Crippen LogP contribution in [0.3, 0.4) is 0 Å². The molecule has 1 aromatic rings. The summed E-state index contributed by atoms with van der Waals surface area (Å²) < 4.78 is 26.5. The van der Waals surface area contributed by atoms with Crippen molar-refractivity contribution < 1.29 is 18.4 Å². The molecule has 0 aliphatic rings. The smallest absolute Gasteiger partial charge is 0.244 e. The molecule has 1 aromatic carbocycles. The average molecular weight is 282 g/mol. The van der Waals surface area contributed by atoms with Gasteiger partial charge < -0.3 is 10.2 Å². The third-order valence-electron chi connectivity index (χ3n) is 2.54. The van der Waals surface area contributed by atoms with Crippen LogP contribution in [0.5, 0.6) is 0 Å². The van der Waals surface area contributed by atoms with Crippen LogP contribution in [0.2, 0.25) is 0 Å². The highest BCUT2D eigenvalue weighted by Gasteiger charge is 2.06. The molecule has 4 nitrogen and oxygen atoms in total. The number of nitrogens with zero attached hydrogens (tertiary/aromatic N) is 1. The van der Waals surface area contributed by atoms with Crippen molar-refractivity contribution in [1.29, 1.82) is 0 Å². The molecule has 0 atom stereocenters. The van der Waals surface area contributed by atoms with E-state index in [1.165, 1.54) is 11.0 Å². The number of amides is 2. The molecule has 1 N–H and O–H groups in total. The summed E-state index contributed by atoms with van der Waals surface area (Å²) in [5.41, 5.74) is -0.271. The summed E-state index contributed by atoms with van der Waals surface area (Å²) in [5.74, 6) is -2.11. The van der Waals surface area contributed by atoms with E-state index in [2.05, 4.69) is 5.32 Å². The zero-order valence-corrected chi connectivity index (χ0v) is 11.3. The van der Waals surface area contributed by atoms with Crippen LogP contribution in [0.4, 0.5) is 8.78 Å². The van der Waals surface area contributed by atoms with Gasteiger partial charge in [-0.15, -0.1) is 0 Å². The number of benzene rings is 1. The van der Waals surface area contributed by atoms with Crippen molar-refractivity contribution >= 4 is 17.9 Å². The molecule has 1 rings (SSSR count). The van der Waals surface area contributed by atoms with Crippen molar-refractivity contribution in [3.05, 3.63) is 41.5 Å². The molecule has 108 valence electrons. The van der Waals surface area contributed by atoms with Gasteiger partial charge in [0.1, 0.15) is 11.6 Å². The maximum Gasteiger partial charge on any atom is 0.244 e. The first-order valence-electron chi connectivity index (χ1n) is 6.02. The third kappa shape index (κ3) is 4.79. The van der Waals surface area contributed by atoms with E-state index < -0.39 is 17.5 Å². The monoisotopic (exact) mass is 282 g/mol. The van der Waals surface area contributed by atoms with Gasteiger partial charge in [-0.3, -0.25) is 9.59 Å². The van der Waals surface area contributed by atoms with E-state index in [-0.39, 0.29) is 24.4 Å². The van der Waals surface area contributed by atoms with Gasteiger partial charge in [0, 0.05) is 38.7 Å². The Morgan fingerprint density at radius 3 is 2.40 bits per heavy atom. The Bertz CT molecular complexity index is 508. The summed E-state index contributed by atoms with van der Waals surface area (Å²) in [6.07, 6.45) is 2.26. The SMILES string of the molecule is CN(C)C(=O)CCNC(=O)/C=C/c1c(F)cccc1F. The van der Waals surface area contributed by atoms with Crippen molar-refractivity contribution in [1.82, 2.24) is 10.2 Å². The predicted molar refractivity (Wildman–Crippen MR) is 71.7 cm³/mol. The van der Waals surface area contributed by atoms with Crippen LogP contribution in [0.15, 0.2) is 24.3 Å². The van der Waals surface area contributed by atoms with Crippen LogP contribution >= 0.6 is 0 Å². The van der Waals surface area contributed by atoms with Gasteiger partial charge >= 0.3 is 0 Å². The van der Waals surface area contributed by atoms with Gasteiger partial charge in [0.25, 0.3) is 0 Å². The Morgan fingerprint density at radius 2 is 1.85 bits per heavy atom. The molecular formula is C14H16F2N2O2. The molecule has 2 amide bonds. The lowest BCUT2D eigenvalue weighted by Crippen LogP contribution is -2.29. The molecule has 20 heavy (non-hydrogen) atoms. The molecule has 0 saturated carbocycles. The first-order chi connectivity index (χ1) is 9.41. The van der Waals surface area contributed by atoms with Crippen LogP contribution < -0.4 is 5.32 Å². The minimum absolute atomic E-state index is 0.116. The molecule has 0 bridgehead atoms. The van der Waals surface area contributed by atoms with Crippen molar-refractivity contribution in [3.8, 4) is 0 Å². The minimum atomic E-state index is -0.739. The zero-order chi connectivity index (χ0) is 15.1. The molecule has 0 aliphatic heterocycles. The maximum atomic E-state index is 13.3. The number of halogens is 2. The predicted octanol–water partition coefficient (Wildman–Crippen LogP) is 1.57. The second-order valence-electron chi connectivity index (χ2n) is 4.30. The van der Waals surface area contributed by atoms with E-state index in [4.69, 9.17) is 0 Å². The number of rotatable bonds is 5. The summed E-state index contributed by atoms with van der Waals surface area (Å²) >= 11 is 0. The van der Waals surface area contributed by atoms with Gasteiger partial charge in [0.15, 0.2) is 0 Å². The van der Waals surface area contributed by atoms with Crippen molar-refractivity contribution in [2.45, 2.75) is 6.42 Å². The number of hydrogen-bond acceptors (Lipinski definition) is 2. The molecule has 0 fully saturated rings. The fraction of sp³-hybridized carbons (Fsp3) is 0.286. The van der Waals surface area contributed by atoms with Crippen LogP contribution in [-0.2, 0) is 9.59 Å². The Balaban J connectivity index is 2.50. The summed E-state index contributed by atoms with van der Waals surface area (Å²) in [7, 11) is 3.23. The highest BCUT2D eigenvalue weighted by atomic mass is 19.1. The molecule has 0 radical (unpaired) electrons. The number of carbonyl (C=O) groups is 2. The Hall–Kier alpha value is -2.24. The zero-order valence-electron chi connectivity index (χ0n) is 11.3. The Morgan fingerprint density at radius 1 is 1.25 bits per heavy atom. The fourth-order valence-corrected chi connectivity index (χ4v) is 1.40. The molecule has 0 heterocycles. The third-order valence-corrected chi connectivity index (χ3v) is 2.54. The average Bonchev–Trinajstić information content (AvgIpc) is 2.37. The van der Waals surface area contributed by atoms with E-state index in [9.17, 15) is 18.4 Å². The van der Waals surface area contributed by atoms with Crippen molar-refractivity contribution in [3.63, 3.8) is 0 Å². The van der Waals surface area contributed by atoms with Crippen LogP contribution in [0, 0.1) is 11.6 Å². The molecule has 0 aliphatic carbocycles. The van der Waals surface area contributed by atoms with Crippen molar-refractivity contribution in [2.75, 3.05) is 20.6 Å². The second kappa shape index (κ2) is 7.37. The highest BCUT2D eigenvalue weighted by Crippen LogP contribution is 2.13. The Labute approximate surface area is 116 Å². The Kier molecular flexibility index (Phi) is 5.83. The lowest BCUT2D eigenvalue weighted by atomic mass is 10.2. The molecular weight excluding hydrogens is 266 g/mol. The minimum Gasteiger partial charge on any atom is -0.352 e. The van der Waals surface area contributed by atoms with E-state index in [1.807, 2.05) is 0 Å². The van der Waals surface area contributed by atoms with E-state index in [1.54, 1.807) is 14.1 Å². The number of nitrogens with one attached hydrogen (secondary N) is 1. The van der Waals surface area contributed by atoms with Gasteiger partial charge in [-0.1, -0.05) is 6.07 Å². The van der Waals surface area contributed by atoms with Gasteiger partial charge in [0.2, 0.25) is 11.8 Å². The highest BCUT2D eigenvalue weighted by molar-refractivity contribution is 5.92. The molecule has 0 saturated heterocycles. The second-order valence-corrected chi connectivity index (χ2v) is 4.30. The van der Waals surface area contributed by atoms with Gasteiger partial charge in [-0.25, -0.2) is 8.78 Å². The van der Waals surface area contributed by atoms with Crippen LogP contribution in [0.1, 0.15) is 12.0 Å². The van der Waals surface area contributed by atoms with Gasteiger partial charge in [-0.2, -0.15) is 0 Å². The molecule has 6 heteroatoms. The summed E-state index contributed by atoms with van der Waals surface area (Å²) in [6.45, 7) is 0.167. The number of carbonyl (C=O) groups excluding carboxylic acids is 2.